The highest BCUT2D eigenvalue weighted by atomic mass is 35.5. The van der Waals surface area contributed by atoms with Crippen LogP contribution in [0.5, 0.6) is 0 Å². The van der Waals surface area contributed by atoms with Crippen molar-refractivity contribution in [3.8, 4) is 0 Å². The van der Waals surface area contributed by atoms with Crippen molar-refractivity contribution in [2.45, 2.75) is 0 Å². The minimum Gasteiger partial charge on any atom is -1.00 e. The van der Waals surface area contributed by atoms with Gasteiger partial charge in [0.25, 0.3) is 0 Å². The Labute approximate surface area is 272 Å². The average molecular weight is 648 g/mol. The van der Waals surface area contributed by atoms with Crippen molar-refractivity contribution in [3.63, 3.8) is 0 Å². The van der Waals surface area contributed by atoms with Gasteiger partial charge in [-0.2, -0.15) is 0 Å². The number of anilines is 2. The average Bonchev–Trinajstić information content (AvgIpc) is 3.08. The van der Waals surface area contributed by atoms with Gasteiger partial charge in [0.2, 0.25) is 10.9 Å². The molecule has 0 spiro atoms. The highest BCUT2D eigenvalue weighted by molar-refractivity contribution is 8.03. The Morgan fingerprint density at radius 2 is 0.545 bits per heavy atom. The third-order valence-corrected chi connectivity index (χ3v) is 17.2. The van der Waals surface area contributed by atoms with Crippen LogP contribution in [0.15, 0.2) is 181 Å². The van der Waals surface area contributed by atoms with Gasteiger partial charge in [0.05, 0.1) is 11.4 Å². The van der Waals surface area contributed by atoms with E-state index >= 15 is 0 Å². The molecular weight excluding hydrogens is 617 g/mol. The van der Waals surface area contributed by atoms with Crippen molar-refractivity contribution < 1.29 is 24.8 Å². The van der Waals surface area contributed by atoms with Crippen molar-refractivity contribution in [1.29, 1.82) is 0 Å². The molecule has 0 aliphatic carbocycles. The summed E-state index contributed by atoms with van der Waals surface area (Å²) in [6.45, 7) is 0. The van der Waals surface area contributed by atoms with Crippen LogP contribution in [0.25, 0.3) is 0 Å². The molecule has 6 aromatic carbocycles. The van der Waals surface area contributed by atoms with E-state index in [-0.39, 0.29) is 24.8 Å². The number of nitrogens with one attached hydrogen (secondary N) is 2. The first-order valence-corrected chi connectivity index (χ1v) is 17.9. The maximum atomic E-state index is 4.12. The molecule has 6 aromatic rings. The van der Waals surface area contributed by atoms with Gasteiger partial charge in [0.1, 0.15) is 31.8 Å². The number of hydrogen-bond acceptors (Lipinski definition) is 2. The van der Waals surface area contributed by atoms with Gasteiger partial charge >= 0.3 is 0 Å². The van der Waals surface area contributed by atoms with Crippen LogP contribution in [0.1, 0.15) is 0 Å². The summed E-state index contributed by atoms with van der Waals surface area (Å²) >= 11 is 0. The van der Waals surface area contributed by atoms with E-state index in [1.54, 1.807) is 0 Å². The van der Waals surface area contributed by atoms with Crippen LogP contribution in [0.2, 0.25) is 0 Å². The van der Waals surface area contributed by atoms with Crippen molar-refractivity contribution in [1.82, 2.24) is 0 Å². The Bertz CT molecular complexity index is 1710. The van der Waals surface area contributed by atoms with E-state index in [4.69, 9.17) is 0 Å². The van der Waals surface area contributed by atoms with Crippen molar-refractivity contribution >= 4 is 57.7 Å². The molecule has 0 fully saturated rings. The second-order valence-electron chi connectivity index (χ2n) is 10.7. The summed E-state index contributed by atoms with van der Waals surface area (Å²) in [5, 5.41) is 16.3. The Morgan fingerprint density at radius 3 is 0.841 bits per heavy atom. The SMILES string of the molecule is [Cl-].[Cl-].c1ccc([P+]2(c3ccccc3)C3=C(Nc4ccccc42)[P+](c2ccccc2)(c2ccccc2)c2ccccc2N3)cc1. The van der Waals surface area contributed by atoms with E-state index in [1.165, 1.54) is 54.1 Å². The van der Waals surface area contributed by atoms with Crippen LogP contribution in [0.4, 0.5) is 11.4 Å². The largest absolute Gasteiger partial charge is 1.00 e. The predicted octanol–water partition coefficient (Wildman–Crippen LogP) is 0.960. The molecule has 8 rings (SSSR count). The number of rotatable bonds is 4. The van der Waals surface area contributed by atoms with E-state index in [1.807, 2.05) is 0 Å². The molecule has 0 saturated heterocycles. The second-order valence-corrected chi connectivity index (χ2v) is 17.3. The highest BCUT2D eigenvalue weighted by Gasteiger charge is 2.65. The zero-order valence-corrected chi connectivity index (χ0v) is 27.1. The normalized spacial score (nSPS) is 15.1. The number of hydrogen-bond donors (Lipinski definition) is 2. The first-order chi connectivity index (χ1) is 20.8. The fourth-order valence-corrected chi connectivity index (χ4v) is 16.3. The Kier molecular flexibility index (Phi) is 8.38. The van der Waals surface area contributed by atoms with Crippen LogP contribution in [-0.2, 0) is 0 Å². The second kappa shape index (κ2) is 12.2. The molecule has 44 heavy (non-hydrogen) atoms. The molecule has 2 aliphatic rings. The van der Waals surface area contributed by atoms with Crippen LogP contribution in [0, 0.1) is 0 Å². The molecule has 0 aromatic heterocycles. The van der Waals surface area contributed by atoms with Crippen LogP contribution in [0.3, 0.4) is 0 Å². The van der Waals surface area contributed by atoms with E-state index in [0.717, 1.165) is 0 Å². The molecule has 2 nitrogen and oxygen atoms in total. The lowest BCUT2D eigenvalue weighted by atomic mass is 10.3. The molecule has 2 aliphatic heterocycles. The summed E-state index contributed by atoms with van der Waals surface area (Å²) in [6.07, 6.45) is 0. The van der Waals surface area contributed by atoms with E-state index in [9.17, 15) is 0 Å². The molecule has 0 saturated carbocycles. The number of para-hydroxylation sites is 2. The van der Waals surface area contributed by atoms with Gasteiger partial charge in [-0.05, 0) is 72.8 Å². The van der Waals surface area contributed by atoms with Gasteiger partial charge in [-0.3, -0.25) is 0 Å². The lowest BCUT2D eigenvalue weighted by Crippen LogP contribution is -3.00. The first-order valence-electron chi connectivity index (χ1n) is 14.3. The predicted molar refractivity (Wildman–Crippen MR) is 185 cm³/mol. The fourth-order valence-electron chi connectivity index (χ4n) is 6.82. The van der Waals surface area contributed by atoms with E-state index < -0.39 is 14.5 Å². The summed E-state index contributed by atoms with van der Waals surface area (Å²) in [5.74, 6) is 0. The topological polar surface area (TPSA) is 24.1 Å². The molecule has 0 unspecified atom stereocenters. The van der Waals surface area contributed by atoms with Gasteiger partial charge in [-0.1, -0.05) is 97.1 Å². The first kappa shape index (κ1) is 30.1. The van der Waals surface area contributed by atoms with Crippen molar-refractivity contribution in [3.05, 3.63) is 181 Å². The molecule has 216 valence electrons. The maximum absolute atomic E-state index is 4.12. The van der Waals surface area contributed by atoms with Gasteiger partial charge in [-0.25, -0.2) is 0 Å². The smallest absolute Gasteiger partial charge is 0.238 e. The molecule has 0 bridgehead atoms. The monoisotopic (exact) mass is 646 g/mol. The number of fused-ring (bicyclic) bond motifs is 2. The van der Waals surface area contributed by atoms with Crippen LogP contribution in [-0.4, -0.2) is 0 Å². The third kappa shape index (κ3) is 4.33. The molecule has 2 N–H and O–H groups in total. The Hall–Kier alpha value is -3.90. The van der Waals surface area contributed by atoms with Crippen LogP contribution < -0.4 is 67.3 Å². The minimum atomic E-state index is -2.36. The summed E-state index contributed by atoms with van der Waals surface area (Å²) < 4.78 is 0. The maximum Gasteiger partial charge on any atom is 0.238 e. The fraction of sp³-hybridized carbons (Fsp3) is 0. The zero-order chi connectivity index (χ0) is 28.0. The van der Waals surface area contributed by atoms with Gasteiger partial charge in [0.15, 0.2) is 14.5 Å². The highest BCUT2D eigenvalue weighted by Crippen LogP contribution is 2.75. The lowest BCUT2D eigenvalue weighted by Gasteiger charge is -2.42. The Balaban J connectivity index is 0.00000171. The van der Waals surface area contributed by atoms with Crippen molar-refractivity contribution in [2.75, 3.05) is 10.6 Å². The van der Waals surface area contributed by atoms with E-state index in [0.29, 0.717) is 0 Å². The van der Waals surface area contributed by atoms with Gasteiger partial charge < -0.3 is 35.4 Å². The quantitative estimate of drug-likeness (QED) is 0.279. The zero-order valence-electron chi connectivity index (χ0n) is 23.8. The summed E-state index contributed by atoms with van der Waals surface area (Å²) in [7, 11) is -4.72. The molecule has 0 amide bonds. The van der Waals surface area contributed by atoms with Crippen molar-refractivity contribution in [2.24, 2.45) is 0 Å². The van der Waals surface area contributed by atoms with Crippen LogP contribution >= 0.6 is 14.5 Å². The van der Waals surface area contributed by atoms with Gasteiger partial charge in [0, 0.05) is 0 Å². The Morgan fingerprint density at radius 1 is 0.295 bits per heavy atom. The van der Waals surface area contributed by atoms with E-state index in [2.05, 4.69) is 180 Å². The number of benzene rings is 6. The van der Waals surface area contributed by atoms with Gasteiger partial charge in [-0.15, -0.1) is 0 Å². The summed E-state index contributed by atoms with van der Waals surface area (Å²) in [6, 6.07) is 62.7. The molecular formula is C38H30Cl2N2P2. The molecule has 0 atom stereocenters. The summed E-state index contributed by atoms with van der Waals surface area (Å²) in [5.41, 5.74) is 4.99. The summed E-state index contributed by atoms with van der Waals surface area (Å²) in [4.78, 5) is 0. The number of halogens is 2. The standard InChI is InChI=1S/C38H30N2P2.2ClH/c1-5-17-29(18-6-1)41(30-19-7-2-8-20-30)35-27-15-13-25-33(35)40-38-37(41)39-34-26-14-16-28-36(34)42(38,31-21-9-3-10-22-31)32-23-11-4-12-24-32;;/h1-28,39-40H;2*1H/q+2;;/p-2. The molecule has 0 radical (unpaired) electrons. The lowest BCUT2D eigenvalue weighted by molar-refractivity contribution is -0.00100. The molecule has 6 heteroatoms. The minimum absolute atomic E-state index is 0. The third-order valence-electron chi connectivity index (χ3n) is 8.51. The molecule has 2 heterocycles.